The molecule has 1 saturated heterocycles. The zero-order valence-corrected chi connectivity index (χ0v) is 13.8. The molecule has 3 N–H and O–H groups in total. The van der Waals surface area contributed by atoms with Gasteiger partial charge < -0.3 is 20.9 Å². The van der Waals surface area contributed by atoms with Gasteiger partial charge in [-0.15, -0.1) is 0 Å². The maximum Gasteiger partial charge on any atom is 0.227 e. The molecule has 2 rings (SSSR count). The van der Waals surface area contributed by atoms with Gasteiger partial charge in [0.25, 0.3) is 0 Å². The lowest BCUT2D eigenvalue weighted by atomic mass is 10.1. The molecule has 126 valence electrons. The van der Waals surface area contributed by atoms with E-state index in [9.17, 15) is 9.59 Å². The minimum Gasteiger partial charge on any atom is -0.340 e. The second-order valence-electron chi connectivity index (χ2n) is 6.00. The van der Waals surface area contributed by atoms with Crippen LogP contribution in [0.15, 0.2) is 24.3 Å². The Morgan fingerprint density at radius 1 is 1.13 bits per heavy atom. The lowest BCUT2D eigenvalue weighted by Gasteiger charge is -2.32. The quantitative estimate of drug-likeness (QED) is 0.808. The number of carbonyl (C=O) groups excluding carboxylic acids is 2. The molecule has 1 fully saturated rings. The zero-order valence-electron chi connectivity index (χ0n) is 13.8. The van der Waals surface area contributed by atoms with Crippen molar-refractivity contribution < 1.29 is 9.59 Å². The Morgan fingerprint density at radius 2 is 1.78 bits per heavy atom. The van der Waals surface area contributed by atoms with Gasteiger partial charge in [0.15, 0.2) is 0 Å². The van der Waals surface area contributed by atoms with Crippen molar-refractivity contribution in [1.82, 2.24) is 9.80 Å². The number of nitrogens with zero attached hydrogens (tertiary/aromatic N) is 2. The van der Waals surface area contributed by atoms with Crippen molar-refractivity contribution >= 4 is 17.5 Å². The number of anilines is 1. The van der Waals surface area contributed by atoms with E-state index in [1.165, 1.54) is 0 Å². The smallest absolute Gasteiger partial charge is 0.227 e. The van der Waals surface area contributed by atoms with Crippen molar-refractivity contribution in [2.45, 2.75) is 19.3 Å². The van der Waals surface area contributed by atoms with Crippen LogP contribution in [-0.2, 0) is 16.0 Å². The van der Waals surface area contributed by atoms with Crippen molar-refractivity contribution in [1.29, 1.82) is 0 Å². The molecule has 0 saturated carbocycles. The van der Waals surface area contributed by atoms with Gasteiger partial charge in [-0.2, -0.15) is 0 Å². The summed E-state index contributed by atoms with van der Waals surface area (Å²) in [6.45, 7) is 3.97. The highest BCUT2D eigenvalue weighted by Gasteiger charge is 2.18. The van der Waals surface area contributed by atoms with E-state index in [-0.39, 0.29) is 11.8 Å². The van der Waals surface area contributed by atoms with Crippen LogP contribution >= 0.6 is 0 Å². The summed E-state index contributed by atoms with van der Waals surface area (Å²) in [5, 5.41) is 2.83. The van der Waals surface area contributed by atoms with Gasteiger partial charge in [-0.1, -0.05) is 12.1 Å². The van der Waals surface area contributed by atoms with E-state index in [0.717, 1.165) is 37.4 Å². The predicted octanol–water partition coefficient (Wildman–Crippen LogP) is 0.681. The van der Waals surface area contributed by atoms with Gasteiger partial charge in [0.1, 0.15) is 0 Å². The molecule has 1 aromatic rings. The second-order valence-corrected chi connectivity index (χ2v) is 6.00. The van der Waals surface area contributed by atoms with Gasteiger partial charge in [-0.25, -0.2) is 0 Å². The van der Waals surface area contributed by atoms with Gasteiger partial charge >= 0.3 is 0 Å². The molecule has 0 unspecified atom stereocenters. The number of nitrogens with two attached hydrogens (primary N) is 1. The predicted molar refractivity (Wildman–Crippen MR) is 91.1 cm³/mol. The molecule has 1 aliphatic rings. The number of piperazine rings is 1. The summed E-state index contributed by atoms with van der Waals surface area (Å²) in [5.74, 6) is 0.134. The second kappa shape index (κ2) is 8.64. The third-order valence-electron chi connectivity index (χ3n) is 4.06. The first-order valence-corrected chi connectivity index (χ1v) is 8.13. The van der Waals surface area contributed by atoms with Crippen LogP contribution in [0.2, 0.25) is 0 Å². The molecule has 1 heterocycles. The van der Waals surface area contributed by atoms with Crippen LogP contribution in [0.4, 0.5) is 5.69 Å². The summed E-state index contributed by atoms with van der Waals surface area (Å²) >= 11 is 0. The Kier molecular flexibility index (Phi) is 6.55. The Morgan fingerprint density at radius 3 is 2.39 bits per heavy atom. The lowest BCUT2D eigenvalue weighted by Crippen LogP contribution is -2.47. The highest BCUT2D eigenvalue weighted by Crippen LogP contribution is 2.12. The summed E-state index contributed by atoms with van der Waals surface area (Å²) in [5.41, 5.74) is 7.11. The van der Waals surface area contributed by atoms with E-state index >= 15 is 0 Å². The molecule has 1 aliphatic heterocycles. The van der Waals surface area contributed by atoms with E-state index < -0.39 is 0 Å². The zero-order chi connectivity index (χ0) is 16.7. The van der Waals surface area contributed by atoms with Crippen LogP contribution in [0.25, 0.3) is 0 Å². The van der Waals surface area contributed by atoms with Crippen LogP contribution in [0, 0.1) is 0 Å². The maximum absolute atomic E-state index is 12.3. The molecule has 6 heteroatoms. The Hall–Kier alpha value is -1.92. The summed E-state index contributed by atoms with van der Waals surface area (Å²) in [6.07, 6.45) is 1.52. The molecule has 6 nitrogen and oxygen atoms in total. The molecule has 1 aromatic carbocycles. The first kappa shape index (κ1) is 17.4. The third kappa shape index (κ3) is 5.65. The minimum absolute atomic E-state index is 0.0308. The molecular formula is C17H26N4O2. The molecule has 0 aromatic heterocycles. The maximum atomic E-state index is 12.3. The summed E-state index contributed by atoms with van der Waals surface area (Å²) < 4.78 is 0. The topological polar surface area (TPSA) is 78.7 Å². The number of hydrogen-bond acceptors (Lipinski definition) is 4. The van der Waals surface area contributed by atoms with Gasteiger partial charge in [-0.05, 0) is 37.7 Å². The van der Waals surface area contributed by atoms with E-state index in [1.54, 1.807) is 0 Å². The van der Waals surface area contributed by atoms with Crippen LogP contribution < -0.4 is 11.1 Å². The highest BCUT2D eigenvalue weighted by molar-refractivity contribution is 5.90. The fourth-order valence-electron chi connectivity index (χ4n) is 2.53. The number of benzene rings is 1. The van der Waals surface area contributed by atoms with Crippen LogP contribution in [0.1, 0.15) is 18.4 Å². The largest absolute Gasteiger partial charge is 0.340 e. The molecule has 0 radical (unpaired) electrons. The molecule has 0 atom stereocenters. The van der Waals surface area contributed by atoms with Gasteiger partial charge in [-0.3, -0.25) is 9.59 Å². The molecular weight excluding hydrogens is 292 g/mol. The van der Waals surface area contributed by atoms with Gasteiger partial charge in [0.2, 0.25) is 11.8 Å². The van der Waals surface area contributed by atoms with Gasteiger partial charge in [0, 0.05) is 38.3 Å². The van der Waals surface area contributed by atoms with Crippen molar-refractivity contribution in [3.63, 3.8) is 0 Å². The Bertz CT molecular complexity index is 522. The number of rotatable bonds is 6. The normalized spacial score (nSPS) is 15.5. The van der Waals surface area contributed by atoms with Crippen molar-refractivity contribution in [2.24, 2.45) is 5.73 Å². The molecule has 2 amide bonds. The van der Waals surface area contributed by atoms with Gasteiger partial charge in [0.05, 0.1) is 6.42 Å². The summed E-state index contributed by atoms with van der Waals surface area (Å²) in [6, 6.07) is 7.47. The fraction of sp³-hybridized carbons (Fsp3) is 0.529. The van der Waals surface area contributed by atoms with Crippen LogP contribution in [0.3, 0.4) is 0 Å². The third-order valence-corrected chi connectivity index (χ3v) is 4.06. The van der Waals surface area contributed by atoms with E-state index in [2.05, 4.69) is 17.3 Å². The highest BCUT2D eigenvalue weighted by atomic mass is 16.2. The Balaban J connectivity index is 1.82. The number of hydrogen-bond donors (Lipinski definition) is 2. The summed E-state index contributed by atoms with van der Waals surface area (Å²) in [4.78, 5) is 28.1. The first-order valence-electron chi connectivity index (χ1n) is 8.13. The van der Waals surface area contributed by atoms with E-state index in [0.29, 0.717) is 25.8 Å². The van der Waals surface area contributed by atoms with Crippen LogP contribution in [0.5, 0.6) is 0 Å². The van der Waals surface area contributed by atoms with Crippen molar-refractivity contribution in [3.8, 4) is 0 Å². The number of carbonyl (C=O) groups is 2. The summed E-state index contributed by atoms with van der Waals surface area (Å²) in [7, 11) is 2.07. The Labute approximate surface area is 137 Å². The van der Waals surface area contributed by atoms with Crippen LogP contribution in [-0.4, -0.2) is 61.4 Å². The van der Waals surface area contributed by atoms with Crippen molar-refractivity contribution in [3.05, 3.63) is 29.8 Å². The van der Waals surface area contributed by atoms with E-state index in [1.807, 2.05) is 29.2 Å². The minimum atomic E-state index is -0.0308. The SMILES string of the molecule is CN1CCN(C(=O)Cc2ccc(NC(=O)CCCN)cc2)CC1. The van der Waals surface area contributed by atoms with E-state index in [4.69, 9.17) is 5.73 Å². The standard InChI is InChI=1S/C17H26N4O2/c1-20-9-11-21(12-10-20)17(23)13-14-4-6-15(7-5-14)19-16(22)3-2-8-18/h4-7H,2-3,8-13,18H2,1H3,(H,19,22). The number of likely N-dealkylation sites (N-methyl/N-ethyl adjacent to an activating group) is 1. The fourth-order valence-corrected chi connectivity index (χ4v) is 2.53. The van der Waals surface area contributed by atoms with Crippen molar-refractivity contribution in [2.75, 3.05) is 45.1 Å². The molecule has 23 heavy (non-hydrogen) atoms. The first-order chi connectivity index (χ1) is 11.1. The average molecular weight is 318 g/mol. The lowest BCUT2D eigenvalue weighted by molar-refractivity contribution is -0.132. The molecule has 0 bridgehead atoms. The molecule has 0 spiro atoms. The average Bonchev–Trinajstić information content (AvgIpc) is 2.55. The molecule has 0 aliphatic carbocycles. The number of amides is 2. The number of nitrogens with one attached hydrogen (secondary N) is 1. The monoisotopic (exact) mass is 318 g/mol.